The molecule has 19 heavy (non-hydrogen) atoms. The Kier molecular flexibility index (Phi) is 4.34. The van der Waals surface area contributed by atoms with Crippen molar-refractivity contribution in [3.05, 3.63) is 29.8 Å². The number of Topliss-reactive ketones (excluding diaryl/α,β-unsaturated/α-hetero) is 1. The van der Waals surface area contributed by atoms with Crippen LogP contribution in [0.1, 0.15) is 23.7 Å². The summed E-state index contributed by atoms with van der Waals surface area (Å²) in [4.78, 5) is 11.4. The van der Waals surface area contributed by atoms with E-state index in [2.05, 4.69) is 4.72 Å². The molecule has 0 aromatic heterocycles. The summed E-state index contributed by atoms with van der Waals surface area (Å²) in [7, 11) is -3.56. The van der Waals surface area contributed by atoms with Crippen molar-refractivity contribution in [2.75, 3.05) is 19.8 Å². The number of rotatable bonds is 5. The van der Waals surface area contributed by atoms with Crippen LogP contribution < -0.4 is 4.72 Å². The number of nitrogens with one attached hydrogen (secondary N) is 1. The summed E-state index contributed by atoms with van der Waals surface area (Å²) in [6, 6.07) is 6.06. The maximum absolute atomic E-state index is 12.1. The van der Waals surface area contributed by atoms with Crippen molar-refractivity contribution in [1.29, 1.82) is 0 Å². The van der Waals surface area contributed by atoms with Crippen LogP contribution in [0.25, 0.3) is 0 Å². The molecule has 2 rings (SSSR count). The highest BCUT2D eigenvalue weighted by Crippen LogP contribution is 2.15. The number of ketones is 1. The van der Waals surface area contributed by atoms with E-state index in [1.54, 1.807) is 12.1 Å². The summed E-state index contributed by atoms with van der Waals surface area (Å²) in [5.41, 5.74) is 0.395. The summed E-state index contributed by atoms with van der Waals surface area (Å²) in [6.07, 6.45) is 0.871. The molecule has 0 aliphatic carbocycles. The average Bonchev–Trinajstić information content (AvgIpc) is 2.90. The predicted molar refractivity (Wildman–Crippen MR) is 70.6 cm³/mol. The van der Waals surface area contributed by atoms with Crippen molar-refractivity contribution in [3.8, 4) is 0 Å². The Morgan fingerprint density at radius 1 is 1.47 bits per heavy atom. The van der Waals surface area contributed by atoms with E-state index in [0.29, 0.717) is 25.3 Å². The van der Waals surface area contributed by atoms with E-state index < -0.39 is 10.0 Å². The highest BCUT2D eigenvalue weighted by molar-refractivity contribution is 7.89. The lowest BCUT2D eigenvalue weighted by molar-refractivity contribution is 0.101. The van der Waals surface area contributed by atoms with Crippen LogP contribution in [0.2, 0.25) is 0 Å². The van der Waals surface area contributed by atoms with Gasteiger partial charge in [0.1, 0.15) is 0 Å². The molecule has 0 amide bonds. The number of carbonyl (C=O) groups excluding carboxylic acids is 1. The molecule has 1 aliphatic heterocycles. The van der Waals surface area contributed by atoms with Crippen molar-refractivity contribution in [1.82, 2.24) is 4.72 Å². The van der Waals surface area contributed by atoms with Crippen LogP contribution in [-0.4, -0.2) is 34.0 Å². The lowest BCUT2D eigenvalue weighted by atomic mass is 10.1. The lowest BCUT2D eigenvalue weighted by Gasteiger charge is -2.10. The van der Waals surface area contributed by atoms with Crippen LogP contribution in [0.4, 0.5) is 0 Å². The summed E-state index contributed by atoms with van der Waals surface area (Å²) in [6.45, 7) is 3.06. The highest BCUT2D eigenvalue weighted by Gasteiger charge is 2.20. The zero-order valence-electron chi connectivity index (χ0n) is 10.8. The summed E-state index contributed by atoms with van der Waals surface area (Å²) >= 11 is 0. The lowest BCUT2D eigenvalue weighted by Crippen LogP contribution is -2.29. The van der Waals surface area contributed by atoms with E-state index in [0.717, 1.165) is 6.42 Å². The standard InChI is InChI=1S/C13H17NO4S/c1-10(15)12-3-2-4-13(7-12)19(16,17)14-8-11-5-6-18-9-11/h2-4,7,11,14H,5-6,8-9H2,1H3/t11-/m1/s1. The quantitative estimate of drug-likeness (QED) is 0.824. The van der Waals surface area contributed by atoms with Crippen LogP contribution in [0.5, 0.6) is 0 Å². The van der Waals surface area contributed by atoms with Gasteiger partial charge < -0.3 is 4.74 Å². The average molecular weight is 283 g/mol. The summed E-state index contributed by atoms with van der Waals surface area (Å²) < 4.78 is 32.0. The Balaban J connectivity index is 2.09. The van der Waals surface area contributed by atoms with Gasteiger partial charge in [0.15, 0.2) is 5.78 Å². The molecular formula is C13H17NO4S. The van der Waals surface area contributed by atoms with E-state index in [-0.39, 0.29) is 16.6 Å². The number of hydrogen-bond donors (Lipinski definition) is 1. The van der Waals surface area contributed by atoms with Gasteiger partial charge in [-0.3, -0.25) is 4.79 Å². The third-order valence-corrected chi connectivity index (χ3v) is 4.56. The number of sulfonamides is 1. The van der Waals surface area contributed by atoms with Crippen LogP contribution in [0, 0.1) is 5.92 Å². The zero-order valence-corrected chi connectivity index (χ0v) is 11.6. The molecule has 0 radical (unpaired) electrons. The van der Waals surface area contributed by atoms with Gasteiger partial charge >= 0.3 is 0 Å². The zero-order chi connectivity index (χ0) is 13.9. The fraction of sp³-hybridized carbons (Fsp3) is 0.462. The number of carbonyl (C=O) groups is 1. The molecule has 1 aromatic rings. The van der Waals surface area contributed by atoms with Gasteiger partial charge in [0.05, 0.1) is 11.5 Å². The van der Waals surface area contributed by atoms with Crippen molar-refractivity contribution >= 4 is 15.8 Å². The van der Waals surface area contributed by atoms with Gasteiger partial charge in [-0.05, 0) is 31.4 Å². The predicted octanol–water partition coefficient (Wildman–Crippen LogP) is 1.20. The molecular weight excluding hydrogens is 266 g/mol. The number of hydrogen-bond acceptors (Lipinski definition) is 4. The van der Waals surface area contributed by atoms with E-state index in [4.69, 9.17) is 4.74 Å². The van der Waals surface area contributed by atoms with Gasteiger partial charge in [-0.2, -0.15) is 0 Å². The van der Waals surface area contributed by atoms with Gasteiger partial charge in [-0.1, -0.05) is 12.1 Å². The highest BCUT2D eigenvalue weighted by atomic mass is 32.2. The molecule has 5 nitrogen and oxygen atoms in total. The maximum Gasteiger partial charge on any atom is 0.240 e. The van der Waals surface area contributed by atoms with Gasteiger partial charge in [0, 0.05) is 18.7 Å². The Bertz CT molecular complexity index is 562. The molecule has 0 spiro atoms. The minimum absolute atomic E-state index is 0.124. The summed E-state index contributed by atoms with van der Waals surface area (Å²) in [5, 5.41) is 0. The van der Waals surface area contributed by atoms with E-state index >= 15 is 0 Å². The van der Waals surface area contributed by atoms with Crippen molar-refractivity contribution in [2.24, 2.45) is 5.92 Å². The Labute approximate surface area is 113 Å². The molecule has 1 atom stereocenters. The van der Waals surface area contributed by atoms with Gasteiger partial charge in [0.25, 0.3) is 0 Å². The third-order valence-electron chi connectivity index (χ3n) is 3.14. The van der Waals surface area contributed by atoms with E-state index in [1.807, 2.05) is 0 Å². The molecule has 1 aliphatic rings. The first-order valence-electron chi connectivity index (χ1n) is 6.17. The minimum atomic E-state index is -3.56. The molecule has 1 fully saturated rings. The fourth-order valence-electron chi connectivity index (χ4n) is 1.94. The van der Waals surface area contributed by atoms with Gasteiger partial charge in [-0.15, -0.1) is 0 Å². The second-order valence-corrected chi connectivity index (χ2v) is 6.43. The second kappa shape index (κ2) is 5.81. The fourth-order valence-corrected chi connectivity index (χ4v) is 3.10. The van der Waals surface area contributed by atoms with Crippen LogP contribution in [0.15, 0.2) is 29.2 Å². The smallest absolute Gasteiger partial charge is 0.240 e. The molecule has 0 unspecified atom stereocenters. The molecule has 1 saturated heterocycles. The number of ether oxygens (including phenoxy) is 1. The molecule has 1 heterocycles. The van der Waals surface area contributed by atoms with Crippen LogP contribution >= 0.6 is 0 Å². The number of benzene rings is 1. The first kappa shape index (κ1) is 14.2. The second-order valence-electron chi connectivity index (χ2n) is 4.67. The molecule has 0 saturated carbocycles. The van der Waals surface area contributed by atoms with E-state index in [9.17, 15) is 13.2 Å². The first-order chi connectivity index (χ1) is 8.99. The van der Waals surface area contributed by atoms with Gasteiger partial charge in [0.2, 0.25) is 10.0 Å². The Morgan fingerprint density at radius 3 is 2.89 bits per heavy atom. The first-order valence-corrected chi connectivity index (χ1v) is 7.66. The Hall–Kier alpha value is -1.24. The largest absolute Gasteiger partial charge is 0.381 e. The SMILES string of the molecule is CC(=O)c1cccc(S(=O)(=O)NC[C@H]2CCOC2)c1. The van der Waals surface area contributed by atoms with Crippen molar-refractivity contribution in [3.63, 3.8) is 0 Å². The summed E-state index contributed by atoms with van der Waals surface area (Å²) in [5.74, 6) is 0.0759. The monoisotopic (exact) mass is 283 g/mol. The van der Waals surface area contributed by atoms with E-state index in [1.165, 1.54) is 19.1 Å². The van der Waals surface area contributed by atoms with Crippen LogP contribution in [0.3, 0.4) is 0 Å². The molecule has 1 aromatic carbocycles. The normalized spacial score (nSPS) is 19.5. The van der Waals surface area contributed by atoms with Gasteiger partial charge in [-0.25, -0.2) is 13.1 Å². The molecule has 104 valence electrons. The molecule has 6 heteroatoms. The minimum Gasteiger partial charge on any atom is -0.381 e. The van der Waals surface area contributed by atoms with Crippen LogP contribution in [-0.2, 0) is 14.8 Å². The maximum atomic E-state index is 12.1. The Morgan fingerprint density at radius 2 is 2.26 bits per heavy atom. The molecule has 1 N–H and O–H groups in total. The van der Waals surface area contributed by atoms with Crippen molar-refractivity contribution in [2.45, 2.75) is 18.2 Å². The molecule has 0 bridgehead atoms. The topological polar surface area (TPSA) is 72.5 Å². The third kappa shape index (κ3) is 3.62. The van der Waals surface area contributed by atoms with Crippen molar-refractivity contribution < 1.29 is 17.9 Å².